The first-order valence-corrected chi connectivity index (χ1v) is 15.6. The van der Waals surface area contributed by atoms with Gasteiger partial charge in [-0.05, 0) is 89.5 Å². The zero-order valence-corrected chi connectivity index (χ0v) is 26.6. The number of thioether (sulfide) groups is 1. The topological polar surface area (TPSA) is 134 Å². The Hall–Kier alpha value is -2.95. The quantitative estimate of drug-likeness (QED) is 0.232. The number of nitrogens with one attached hydrogen (secondary N) is 2. The van der Waals surface area contributed by atoms with E-state index in [2.05, 4.69) is 24.5 Å². The molecule has 0 bridgehead atoms. The Balaban J connectivity index is 3.54. The van der Waals surface area contributed by atoms with Gasteiger partial charge < -0.3 is 30.1 Å². The molecule has 0 aliphatic heterocycles. The molecule has 1 aromatic carbocycles. The van der Waals surface area contributed by atoms with Gasteiger partial charge >= 0.3 is 12.1 Å². The first-order valence-electron chi connectivity index (χ1n) is 14.2. The monoisotopic (exact) mass is 595 g/mol. The highest BCUT2D eigenvalue weighted by atomic mass is 32.2. The van der Waals surface area contributed by atoms with E-state index >= 15 is 0 Å². The van der Waals surface area contributed by atoms with Crippen LogP contribution in [0.15, 0.2) is 24.3 Å². The van der Waals surface area contributed by atoms with E-state index in [1.807, 2.05) is 13.2 Å². The fourth-order valence-electron chi connectivity index (χ4n) is 4.19. The van der Waals surface area contributed by atoms with Crippen molar-refractivity contribution in [3.05, 3.63) is 29.8 Å². The fraction of sp³-hybridized carbons (Fsp3) is 0.667. The molecule has 41 heavy (non-hydrogen) atoms. The molecule has 1 aromatic rings. The fourth-order valence-corrected chi connectivity index (χ4v) is 4.66. The molecule has 3 atom stereocenters. The molecule has 0 aromatic heterocycles. The molecule has 11 heteroatoms. The first-order chi connectivity index (χ1) is 19.2. The molecule has 0 saturated carbocycles. The van der Waals surface area contributed by atoms with Crippen molar-refractivity contribution in [2.45, 2.75) is 97.9 Å². The summed E-state index contributed by atoms with van der Waals surface area (Å²) in [7, 11) is 0. The highest BCUT2D eigenvalue weighted by Gasteiger charge is 2.39. The van der Waals surface area contributed by atoms with Gasteiger partial charge in [0, 0.05) is 12.6 Å². The summed E-state index contributed by atoms with van der Waals surface area (Å²) in [5.74, 6) is -0.499. The number of alkyl carbamates (subject to hydrolysis) is 1. The van der Waals surface area contributed by atoms with Crippen LogP contribution in [-0.4, -0.2) is 76.7 Å². The predicted molar refractivity (Wildman–Crippen MR) is 162 cm³/mol. The Bertz CT molecular complexity index is 997. The number of ether oxygens (including phenoxy) is 2. The summed E-state index contributed by atoms with van der Waals surface area (Å²) in [5, 5.41) is 15.8. The standard InChI is InChI=1S/C30H49N3O7S/c1-9-39-25(35)15-17-31-27(36)26(22-11-10-12-23(34)19-22)33(21(4)14-13-20(2)3)28(37)24(16-18-41-8)32-29(38)40-30(5,6)7/h10-12,19-21,24,26,34H,9,13-18H2,1-8H3,(H,31,36)(H,32,38). The molecule has 3 amide bonds. The zero-order valence-electron chi connectivity index (χ0n) is 25.8. The molecule has 1 rings (SSSR count). The number of phenolic OH excluding ortho intramolecular Hbond substituents is 1. The highest BCUT2D eigenvalue weighted by molar-refractivity contribution is 7.98. The van der Waals surface area contributed by atoms with Gasteiger partial charge in [0.2, 0.25) is 11.8 Å². The van der Waals surface area contributed by atoms with Crippen LogP contribution in [0.5, 0.6) is 5.75 Å². The van der Waals surface area contributed by atoms with Crippen molar-refractivity contribution in [2.24, 2.45) is 5.92 Å². The normalized spacial score (nSPS) is 13.6. The van der Waals surface area contributed by atoms with E-state index in [1.165, 1.54) is 28.8 Å². The maximum absolute atomic E-state index is 14.3. The van der Waals surface area contributed by atoms with Crippen molar-refractivity contribution in [1.82, 2.24) is 15.5 Å². The summed E-state index contributed by atoms with van der Waals surface area (Å²) in [5.41, 5.74) is -0.353. The predicted octanol–water partition coefficient (Wildman–Crippen LogP) is 4.80. The zero-order chi connectivity index (χ0) is 31.2. The summed E-state index contributed by atoms with van der Waals surface area (Å²) >= 11 is 1.53. The summed E-state index contributed by atoms with van der Waals surface area (Å²) < 4.78 is 10.4. The minimum Gasteiger partial charge on any atom is -0.508 e. The van der Waals surface area contributed by atoms with Gasteiger partial charge in [-0.2, -0.15) is 11.8 Å². The number of esters is 1. The maximum Gasteiger partial charge on any atom is 0.408 e. The van der Waals surface area contributed by atoms with Crippen LogP contribution in [-0.2, 0) is 23.9 Å². The van der Waals surface area contributed by atoms with Crippen LogP contribution in [0.3, 0.4) is 0 Å². The van der Waals surface area contributed by atoms with Crippen molar-refractivity contribution in [2.75, 3.05) is 25.2 Å². The SMILES string of the molecule is CCOC(=O)CCNC(=O)C(c1cccc(O)c1)N(C(=O)C(CCSC)NC(=O)OC(C)(C)C)C(C)CCC(C)C. The van der Waals surface area contributed by atoms with E-state index in [4.69, 9.17) is 9.47 Å². The summed E-state index contributed by atoms with van der Waals surface area (Å²) in [4.78, 5) is 54.2. The number of nitrogens with zero attached hydrogens (tertiary/aromatic N) is 1. The lowest BCUT2D eigenvalue weighted by molar-refractivity contribution is -0.146. The van der Waals surface area contributed by atoms with Gasteiger partial charge in [0.25, 0.3) is 0 Å². The number of carbonyl (C=O) groups is 4. The molecule has 3 unspecified atom stereocenters. The second-order valence-corrected chi connectivity index (χ2v) is 12.4. The Labute approximate surface area is 249 Å². The summed E-state index contributed by atoms with van der Waals surface area (Å²) in [6, 6.07) is 3.73. The van der Waals surface area contributed by atoms with E-state index in [0.29, 0.717) is 30.1 Å². The summed E-state index contributed by atoms with van der Waals surface area (Å²) in [6.07, 6.45) is 2.89. The minimum atomic E-state index is -1.13. The van der Waals surface area contributed by atoms with E-state index in [-0.39, 0.29) is 25.3 Å². The molecule has 0 radical (unpaired) electrons. The lowest BCUT2D eigenvalue weighted by Gasteiger charge is -2.39. The number of hydrogen-bond acceptors (Lipinski definition) is 8. The molecule has 232 valence electrons. The van der Waals surface area contributed by atoms with Gasteiger partial charge in [-0.15, -0.1) is 0 Å². The minimum absolute atomic E-state index is 0.0153. The lowest BCUT2D eigenvalue weighted by Crippen LogP contribution is -2.55. The average molecular weight is 596 g/mol. The Morgan fingerprint density at radius 2 is 1.76 bits per heavy atom. The average Bonchev–Trinajstić information content (AvgIpc) is 2.86. The molecular formula is C30H49N3O7S. The van der Waals surface area contributed by atoms with Crippen molar-refractivity contribution in [1.29, 1.82) is 0 Å². The van der Waals surface area contributed by atoms with E-state index < -0.39 is 47.6 Å². The van der Waals surface area contributed by atoms with Gasteiger partial charge in [0.05, 0.1) is 13.0 Å². The van der Waals surface area contributed by atoms with Crippen LogP contribution in [0.25, 0.3) is 0 Å². The molecule has 0 aliphatic rings. The van der Waals surface area contributed by atoms with E-state index in [0.717, 1.165) is 6.42 Å². The largest absolute Gasteiger partial charge is 0.508 e. The third-order valence-corrected chi connectivity index (χ3v) is 6.78. The number of benzene rings is 1. The number of hydrogen-bond donors (Lipinski definition) is 3. The lowest BCUT2D eigenvalue weighted by atomic mass is 9.96. The highest BCUT2D eigenvalue weighted by Crippen LogP contribution is 2.29. The van der Waals surface area contributed by atoms with Crippen LogP contribution < -0.4 is 10.6 Å². The Kier molecular flexibility index (Phi) is 15.6. The molecule has 0 heterocycles. The number of amides is 3. The maximum atomic E-state index is 14.3. The smallest absolute Gasteiger partial charge is 0.408 e. The molecule has 3 N–H and O–H groups in total. The van der Waals surface area contributed by atoms with Gasteiger partial charge in [-0.1, -0.05) is 26.0 Å². The van der Waals surface area contributed by atoms with Crippen LogP contribution >= 0.6 is 11.8 Å². The number of carbonyl (C=O) groups excluding carboxylic acids is 4. The number of rotatable bonds is 16. The molecule has 0 spiro atoms. The van der Waals surface area contributed by atoms with E-state index in [9.17, 15) is 24.3 Å². The Morgan fingerprint density at radius 3 is 2.32 bits per heavy atom. The van der Waals surface area contributed by atoms with Crippen molar-refractivity contribution in [3.63, 3.8) is 0 Å². The van der Waals surface area contributed by atoms with Gasteiger partial charge in [-0.25, -0.2) is 4.79 Å². The van der Waals surface area contributed by atoms with Crippen LogP contribution in [0.2, 0.25) is 0 Å². The van der Waals surface area contributed by atoms with Gasteiger partial charge in [0.1, 0.15) is 23.4 Å². The molecule has 0 aliphatic carbocycles. The Morgan fingerprint density at radius 1 is 1.07 bits per heavy atom. The first kappa shape index (κ1) is 36.1. The molecular weight excluding hydrogens is 546 g/mol. The van der Waals surface area contributed by atoms with Gasteiger partial charge in [0.15, 0.2) is 0 Å². The van der Waals surface area contributed by atoms with Crippen LogP contribution in [0, 0.1) is 5.92 Å². The van der Waals surface area contributed by atoms with Crippen LogP contribution in [0.1, 0.15) is 85.8 Å². The summed E-state index contributed by atoms with van der Waals surface area (Å²) in [6.45, 7) is 13.2. The van der Waals surface area contributed by atoms with E-state index in [1.54, 1.807) is 39.8 Å². The molecule has 10 nitrogen and oxygen atoms in total. The van der Waals surface area contributed by atoms with Gasteiger partial charge in [-0.3, -0.25) is 14.4 Å². The van der Waals surface area contributed by atoms with Crippen molar-refractivity contribution in [3.8, 4) is 5.75 Å². The second-order valence-electron chi connectivity index (χ2n) is 11.4. The number of aromatic hydroxyl groups is 1. The third-order valence-electron chi connectivity index (χ3n) is 6.14. The second kappa shape index (κ2) is 17.8. The molecule has 0 fully saturated rings. The molecule has 0 saturated heterocycles. The third kappa shape index (κ3) is 13.5. The van der Waals surface area contributed by atoms with Crippen molar-refractivity contribution < 1.29 is 33.8 Å². The van der Waals surface area contributed by atoms with Crippen LogP contribution in [0.4, 0.5) is 4.79 Å². The van der Waals surface area contributed by atoms with Crippen molar-refractivity contribution >= 4 is 35.6 Å². The number of phenols is 1.